The molecule has 0 aromatic carbocycles. The van der Waals surface area contributed by atoms with E-state index in [1.165, 1.54) is 0 Å². The Morgan fingerprint density at radius 2 is 2.55 bits per heavy atom. The summed E-state index contributed by atoms with van der Waals surface area (Å²) >= 11 is 0. The predicted molar refractivity (Wildman–Crippen MR) is 41.2 cm³/mol. The van der Waals surface area contributed by atoms with Gasteiger partial charge in [-0.2, -0.15) is 5.26 Å². The van der Waals surface area contributed by atoms with E-state index >= 15 is 0 Å². The molecule has 0 atom stereocenters. The lowest BCUT2D eigenvalue weighted by Crippen LogP contribution is -2.04. The molecule has 1 aromatic heterocycles. The van der Waals surface area contributed by atoms with Crippen LogP contribution in [0.1, 0.15) is 11.5 Å². The van der Waals surface area contributed by atoms with E-state index in [4.69, 9.17) is 5.26 Å². The highest BCUT2D eigenvalue weighted by atomic mass is 35.5. The number of hydrogen-bond acceptors (Lipinski definition) is 4. The van der Waals surface area contributed by atoms with Gasteiger partial charge in [-0.3, -0.25) is 0 Å². The highest BCUT2D eigenvalue weighted by Crippen LogP contribution is 1.99. The largest absolute Gasteiger partial charge is 0.345 e. The first-order valence-corrected chi connectivity index (χ1v) is 2.87. The van der Waals surface area contributed by atoms with E-state index in [0.717, 1.165) is 5.69 Å². The van der Waals surface area contributed by atoms with Gasteiger partial charge < -0.3 is 9.84 Å². The summed E-state index contributed by atoms with van der Waals surface area (Å²) < 4.78 is 4.62. The minimum atomic E-state index is 0. The third-order valence-corrected chi connectivity index (χ3v) is 1.03. The third-order valence-electron chi connectivity index (χ3n) is 1.03. The summed E-state index contributed by atoms with van der Waals surface area (Å²) in [7, 11) is 1.81. The minimum Gasteiger partial charge on any atom is -0.345 e. The molecular weight excluding hydrogens is 166 g/mol. The topological polar surface area (TPSA) is 61.9 Å². The molecule has 1 N–H and O–H groups in total. The van der Waals surface area contributed by atoms with Crippen molar-refractivity contribution in [1.82, 2.24) is 10.5 Å². The molecule has 4 nitrogen and oxygen atoms in total. The standard InChI is InChI=1S/C6H7N3O.ClH/c1-8-4-5-2-6(3-7)10-9-5;/h2,8H,4H2,1H3;1H. The van der Waals surface area contributed by atoms with E-state index in [2.05, 4.69) is 15.0 Å². The molecule has 0 unspecified atom stereocenters. The molecule has 0 aliphatic carbocycles. The van der Waals surface area contributed by atoms with Gasteiger partial charge in [-0.1, -0.05) is 5.16 Å². The second-order valence-corrected chi connectivity index (χ2v) is 1.82. The van der Waals surface area contributed by atoms with Crippen molar-refractivity contribution in [3.8, 4) is 6.07 Å². The van der Waals surface area contributed by atoms with Crippen molar-refractivity contribution in [2.24, 2.45) is 0 Å². The van der Waals surface area contributed by atoms with Gasteiger partial charge in [0.25, 0.3) is 0 Å². The molecule has 0 bridgehead atoms. The van der Waals surface area contributed by atoms with Gasteiger partial charge in [-0.05, 0) is 7.05 Å². The van der Waals surface area contributed by atoms with Crippen molar-refractivity contribution in [3.05, 3.63) is 17.5 Å². The molecule has 1 aromatic rings. The van der Waals surface area contributed by atoms with Crippen molar-refractivity contribution >= 4 is 12.4 Å². The molecule has 0 aliphatic rings. The summed E-state index contributed by atoms with van der Waals surface area (Å²) in [6.45, 7) is 0.630. The predicted octanol–water partition coefficient (Wildman–Crippen LogP) is 0.687. The van der Waals surface area contributed by atoms with Crippen LogP contribution in [-0.2, 0) is 6.54 Å². The van der Waals surface area contributed by atoms with Crippen molar-refractivity contribution in [1.29, 1.82) is 5.26 Å². The summed E-state index contributed by atoms with van der Waals surface area (Å²) in [5.74, 6) is 0.255. The zero-order valence-corrected chi connectivity index (χ0v) is 6.81. The second kappa shape index (κ2) is 4.72. The van der Waals surface area contributed by atoms with Gasteiger partial charge in [0.05, 0.1) is 5.69 Å². The smallest absolute Gasteiger partial charge is 0.236 e. The summed E-state index contributed by atoms with van der Waals surface area (Å²) in [5.41, 5.74) is 0.749. The molecular formula is C6H8ClN3O. The third kappa shape index (κ3) is 2.58. The van der Waals surface area contributed by atoms with E-state index < -0.39 is 0 Å². The Kier molecular flexibility index (Phi) is 4.27. The Hall–Kier alpha value is -1.05. The van der Waals surface area contributed by atoms with Crippen LogP contribution >= 0.6 is 12.4 Å². The lowest BCUT2D eigenvalue weighted by molar-refractivity contribution is 0.401. The fraction of sp³-hybridized carbons (Fsp3) is 0.333. The van der Waals surface area contributed by atoms with E-state index in [0.29, 0.717) is 6.54 Å². The fourth-order valence-electron chi connectivity index (χ4n) is 0.629. The number of hydrogen-bond donors (Lipinski definition) is 1. The summed E-state index contributed by atoms with van der Waals surface area (Å²) in [5, 5.41) is 14.8. The molecule has 0 spiro atoms. The van der Waals surface area contributed by atoms with Crippen LogP contribution in [0.25, 0.3) is 0 Å². The molecule has 0 aliphatic heterocycles. The zero-order valence-electron chi connectivity index (χ0n) is 6.00. The second-order valence-electron chi connectivity index (χ2n) is 1.82. The number of nitrogens with one attached hydrogen (secondary N) is 1. The van der Waals surface area contributed by atoms with Crippen LogP contribution in [0.15, 0.2) is 10.6 Å². The van der Waals surface area contributed by atoms with Gasteiger partial charge in [-0.25, -0.2) is 0 Å². The summed E-state index contributed by atoms with van der Waals surface area (Å²) in [6, 6.07) is 3.46. The van der Waals surface area contributed by atoms with Gasteiger partial charge in [0.1, 0.15) is 6.07 Å². The Labute approximate surface area is 70.6 Å². The number of nitriles is 1. The van der Waals surface area contributed by atoms with Gasteiger partial charge in [0, 0.05) is 12.6 Å². The highest BCUT2D eigenvalue weighted by molar-refractivity contribution is 5.85. The van der Waals surface area contributed by atoms with Crippen molar-refractivity contribution in [3.63, 3.8) is 0 Å². The summed E-state index contributed by atoms with van der Waals surface area (Å²) in [4.78, 5) is 0. The molecule has 1 heterocycles. The quantitative estimate of drug-likeness (QED) is 0.715. The molecule has 0 radical (unpaired) electrons. The molecule has 0 saturated carbocycles. The van der Waals surface area contributed by atoms with E-state index in [9.17, 15) is 0 Å². The summed E-state index contributed by atoms with van der Waals surface area (Å²) in [6.07, 6.45) is 0. The first-order chi connectivity index (χ1) is 4.86. The monoisotopic (exact) mass is 173 g/mol. The maximum atomic E-state index is 8.31. The first kappa shape index (κ1) is 9.95. The molecule has 60 valence electrons. The van der Waals surface area contributed by atoms with Gasteiger partial charge in [-0.15, -0.1) is 12.4 Å². The Morgan fingerprint density at radius 3 is 3.00 bits per heavy atom. The van der Waals surface area contributed by atoms with Crippen molar-refractivity contribution in [2.45, 2.75) is 6.54 Å². The molecule has 0 saturated heterocycles. The van der Waals surface area contributed by atoms with Crippen LogP contribution in [0.2, 0.25) is 0 Å². The SMILES string of the molecule is CNCc1cc(C#N)on1.Cl. The zero-order chi connectivity index (χ0) is 7.40. The average molecular weight is 174 g/mol. The van der Waals surface area contributed by atoms with E-state index in [1.54, 1.807) is 13.1 Å². The maximum absolute atomic E-state index is 8.31. The molecule has 0 fully saturated rings. The van der Waals surface area contributed by atoms with Crippen molar-refractivity contribution in [2.75, 3.05) is 7.05 Å². The lowest BCUT2D eigenvalue weighted by atomic mass is 10.4. The number of nitrogens with zero attached hydrogens (tertiary/aromatic N) is 2. The minimum absolute atomic E-state index is 0. The van der Waals surface area contributed by atoms with E-state index in [-0.39, 0.29) is 18.2 Å². The lowest BCUT2D eigenvalue weighted by Gasteiger charge is -1.86. The van der Waals surface area contributed by atoms with Gasteiger partial charge in [0.15, 0.2) is 0 Å². The Morgan fingerprint density at radius 1 is 1.82 bits per heavy atom. The van der Waals surface area contributed by atoms with Crippen LogP contribution < -0.4 is 5.32 Å². The van der Waals surface area contributed by atoms with Crippen molar-refractivity contribution < 1.29 is 4.52 Å². The van der Waals surface area contributed by atoms with Crippen LogP contribution in [0.3, 0.4) is 0 Å². The molecule has 1 rings (SSSR count). The fourth-order valence-corrected chi connectivity index (χ4v) is 0.629. The van der Waals surface area contributed by atoms with Crippen LogP contribution in [-0.4, -0.2) is 12.2 Å². The number of aromatic nitrogens is 1. The maximum Gasteiger partial charge on any atom is 0.236 e. The Balaban J connectivity index is 0.000001000. The van der Waals surface area contributed by atoms with Gasteiger partial charge >= 0.3 is 0 Å². The first-order valence-electron chi connectivity index (χ1n) is 2.87. The molecule has 5 heteroatoms. The van der Waals surface area contributed by atoms with Crippen LogP contribution in [0.5, 0.6) is 0 Å². The normalized spacial score (nSPS) is 8.36. The average Bonchev–Trinajstić information content (AvgIpc) is 2.37. The molecule has 0 amide bonds. The molecule has 11 heavy (non-hydrogen) atoms. The van der Waals surface area contributed by atoms with Crippen LogP contribution in [0.4, 0.5) is 0 Å². The van der Waals surface area contributed by atoms with Gasteiger partial charge in [0.2, 0.25) is 5.76 Å². The number of rotatable bonds is 2. The number of halogens is 1. The van der Waals surface area contributed by atoms with E-state index in [1.807, 2.05) is 6.07 Å². The highest BCUT2D eigenvalue weighted by Gasteiger charge is 1.99. The Bertz CT molecular complexity index is 253. The van der Waals surface area contributed by atoms with Crippen LogP contribution in [0, 0.1) is 11.3 Å².